The number of phosphoric ester groups is 2. The minimum absolute atomic E-state index is 0.0381. The number of aliphatic hydroxyl groups excluding tert-OH is 1. The number of fused-ring (bicyclic) bond motifs is 3. The Morgan fingerprint density at radius 1 is 0.800 bits per heavy atom. The molecule has 28 heteroatoms. The number of aromatic nitrogens is 4. The second kappa shape index (κ2) is 15.0. The molecule has 9 N–H and O–H groups in total. The van der Waals surface area contributed by atoms with Crippen molar-refractivity contribution in [3.05, 3.63) is 12.7 Å². The second-order valence-corrected chi connectivity index (χ2v) is 15.8. The van der Waals surface area contributed by atoms with Crippen LogP contribution in [0.2, 0.25) is 0 Å². The van der Waals surface area contributed by atoms with Crippen molar-refractivity contribution in [3.8, 4) is 0 Å². The minimum atomic E-state index is -4.84. The van der Waals surface area contributed by atoms with Gasteiger partial charge >= 0.3 is 15.6 Å². The quantitative estimate of drug-likeness (QED) is 0.108. The average molecular weight is 810 g/mol. The van der Waals surface area contributed by atoms with Gasteiger partial charge in [-0.2, -0.15) is 0 Å². The lowest BCUT2D eigenvalue weighted by Crippen LogP contribution is -2.50. The van der Waals surface area contributed by atoms with E-state index in [1.54, 1.807) is 9.47 Å². The van der Waals surface area contributed by atoms with Gasteiger partial charge in [-0.15, -0.1) is 0 Å². The van der Waals surface area contributed by atoms with Crippen molar-refractivity contribution in [3.63, 3.8) is 0 Å². The molecule has 6 aliphatic heterocycles. The molecule has 2 aromatic rings. The molecule has 8 rings (SSSR count). The van der Waals surface area contributed by atoms with Crippen LogP contribution in [-0.4, -0.2) is 162 Å². The number of hydrogen-bond acceptors (Lipinski definition) is 23. The number of nitrogens with two attached hydrogens (primary N) is 3. The molecule has 8 heterocycles. The van der Waals surface area contributed by atoms with E-state index in [4.69, 9.17) is 44.8 Å². The van der Waals surface area contributed by atoms with Crippen molar-refractivity contribution in [2.75, 3.05) is 25.6 Å². The second-order valence-electron chi connectivity index (χ2n) is 13.0. The smallest absolute Gasteiger partial charge is 0.394 e. The van der Waals surface area contributed by atoms with Crippen molar-refractivity contribution in [2.45, 2.75) is 80.7 Å². The highest BCUT2D eigenvalue weighted by Crippen LogP contribution is 2.51. The highest BCUT2D eigenvalue weighted by molar-refractivity contribution is 7.47. The molecule has 0 bridgehead atoms. The first-order valence-corrected chi connectivity index (χ1v) is 19.8. The molecule has 2 aromatic heterocycles. The number of imidazole rings is 1. The highest BCUT2D eigenvalue weighted by Gasteiger charge is 2.51. The van der Waals surface area contributed by atoms with Gasteiger partial charge in [0.15, 0.2) is 36.3 Å². The predicted molar refractivity (Wildman–Crippen MR) is 191 cm³/mol. The molecule has 55 heavy (non-hydrogen) atoms. The zero-order valence-corrected chi connectivity index (χ0v) is 30.4. The first-order valence-electron chi connectivity index (χ1n) is 16.9. The van der Waals surface area contributed by atoms with Crippen LogP contribution in [0, 0.1) is 0 Å². The fraction of sp³-hybridized carbons (Fsp3) is 0.593. The Balaban J connectivity index is 0.923. The molecule has 0 saturated carbocycles. The average Bonchev–Trinajstić information content (AvgIpc) is 3.98. The number of hydrogen-bond donors (Lipinski definition) is 6. The van der Waals surface area contributed by atoms with Crippen molar-refractivity contribution in [2.24, 2.45) is 41.4 Å². The Labute approximate surface area is 310 Å². The van der Waals surface area contributed by atoms with Crippen LogP contribution in [0.3, 0.4) is 0 Å². The predicted octanol–water partition coefficient (Wildman–Crippen LogP) is -2.49. The van der Waals surface area contributed by atoms with Crippen LogP contribution >= 0.6 is 15.6 Å². The topological polar surface area (TPSA) is 353 Å². The fourth-order valence-electron chi connectivity index (χ4n) is 6.88. The van der Waals surface area contributed by atoms with Crippen molar-refractivity contribution < 1.29 is 51.6 Å². The van der Waals surface area contributed by atoms with Gasteiger partial charge < -0.3 is 55.9 Å². The van der Waals surface area contributed by atoms with Gasteiger partial charge in [0, 0.05) is 19.4 Å². The molecule has 6 aliphatic rings. The first kappa shape index (κ1) is 37.6. The maximum Gasteiger partial charge on any atom is 0.472 e. The summed E-state index contributed by atoms with van der Waals surface area (Å²) in [5.41, 5.74) is 18.6. The number of amidine groups is 2. The summed E-state index contributed by atoms with van der Waals surface area (Å²) in [6, 6.07) is -1.24. The third-order valence-corrected chi connectivity index (χ3v) is 11.5. The third-order valence-electron chi connectivity index (χ3n) is 9.41. The standard InChI is InChI=1S/C27H37N15O11P2/c28-20-17-23(34-7-31-20)40(10-37-17)1-2-48-54(44,45)52-16-4-14(51-27(16)42-12-39-19-22(30)33-9-36-25(19)42)6-49-55(46,47)53-15-3-13(5-43)50-26(15)41-11-38-18-21(29)32-8-35-24(18)41/h7-16,18-19,24-27,43H,1-6H2,(H,44,45)(H,46,47)(H2,28,31,34)(H2,29,32,35)(H2,30,33,36)/t13-,14-,15+,16+,18?,19?,24?,25?,26+,27+/m0/s1. The van der Waals surface area contributed by atoms with Crippen LogP contribution in [-0.2, 0) is 43.2 Å². The van der Waals surface area contributed by atoms with E-state index in [1.807, 2.05) is 0 Å². The number of rotatable bonds is 14. The maximum absolute atomic E-state index is 13.4. The SMILES string of the molecule is NC1=NC=NC2C1N=CN2[C@@H]1O[C@H](CO)C[C@H]1OP(=O)(O)OC[C@@H]1C[C@@H](OP(=O)(O)OCCn2cnc3c(N)ncnc32)[C@H](N2C=NC3C(N)=NC=NC32)O1. The lowest BCUT2D eigenvalue weighted by Gasteiger charge is -2.33. The monoisotopic (exact) mass is 809 g/mol. The largest absolute Gasteiger partial charge is 0.472 e. The molecule has 0 aromatic carbocycles. The molecule has 2 saturated heterocycles. The Morgan fingerprint density at radius 3 is 2.00 bits per heavy atom. The van der Waals surface area contributed by atoms with Crippen LogP contribution in [0.25, 0.3) is 11.2 Å². The van der Waals surface area contributed by atoms with Gasteiger partial charge in [0.1, 0.15) is 60.5 Å². The summed E-state index contributed by atoms with van der Waals surface area (Å²) in [7, 11) is -9.61. The fourth-order valence-corrected chi connectivity index (χ4v) is 8.73. The van der Waals surface area contributed by atoms with E-state index < -0.39 is 83.5 Å². The van der Waals surface area contributed by atoms with E-state index in [9.17, 15) is 24.0 Å². The number of phosphoric acid groups is 2. The molecular weight excluding hydrogens is 772 g/mol. The zero-order chi connectivity index (χ0) is 38.5. The molecule has 296 valence electrons. The van der Waals surface area contributed by atoms with Crippen molar-refractivity contribution in [1.29, 1.82) is 0 Å². The van der Waals surface area contributed by atoms with Crippen LogP contribution in [0.5, 0.6) is 0 Å². The van der Waals surface area contributed by atoms with Crippen LogP contribution in [0.4, 0.5) is 5.82 Å². The summed E-state index contributed by atoms with van der Waals surface area (Å²) in [6.45, 7) is -1.12. The summed E-state index contributed by atoms with van der Waals surface area (Å²) in [5, 5.41) is 9.82. The number of ether oxygens (including phenoxy) is 2. The van der Waals surface area contributed by atoms with Gasteiger partial charge in [-0.05, 0) is 0 Å². The molecule has 0 amide bonds. The number of aliphatic imine (C=N–C) groups is 6. The summed E-state index contributed by atoms with van der Waals surface area (Å²) in [4.78, 5) is 62.3. The molecule has 12 atom stereocenters. The van der Waals surface area contributed by atoms with Crippen LogP contribution in [0.15, 0.2) is 42.6 Å². The molecule has 0 radical (unpaired) electrons. The van der Waals surface area contributed by atoms with Gasteiger partial charge in [0.25, 0.3) is 0 Å². The maximum atomic E-state index is 13.4. The molecular formula is C27H37N15O11P2. The van der Waals surface area contributed by atoms with Gasteiger partial charge in [0.2, 0.25) is 0 Å². The molecule has 0 spiro atoms. The van der Waals surface area contributed by atoms with E-state index in [0.717, 1.165) is 0 Å². The molecule has 6 unspecified atom stereocenters. The molecule has 26 nitrogen and oxygen atoms in total. The first-order chi connectivity index (χ1) is 26.4. The Bertz CT molecular complexity index is 2070. The lowest BCUT2D eigenvalue weighted by molar-refractivity contribution is -0.0846. The lowest BCUT2D eigenvalue weighted by atomic mass is 10.1. The Kier molecular flexibility index (Phi) is 10.2. The molecule has 2 fully saturated rings. The summed E-state index contributed by atoms with van der Waals surface area (Å²) in [6.07, 6.45) is 0.649. The highest BCUT2D eigenvalue weighted by atomic mass is 31.2. The van der Waals surface area contributed by atoms with Crippen molar-refractivity contribution in [1.82, 2.24) is 29.3 Å². The van der Waals surface area contributed by atoms with E-state index >= 15 is 0 Å². The number of nitrogens with zero attached hydrogens (tertiary/aromatic N) is 12. The van der Waals surface area contributed by atoms with Gasteiger partial charge in [-0.3, -0.25) is 28.1 Å². The summed E-state index contributed by atoms with van der Waals surface area (Å²) < 4.78 is 62.3. The normalized spacial score (nSPS) is 34.5. The van der Waals surface area contributed by atoms with E-state index in [2.05, 4.69) is 44.9 Å². The van der Waals surface area contributed by atoms with Gasteiger partial charge in [0.05, 0.1) is 51.0 Å². The third kappa shape index (κ3) is 7.62. The van der Waals surface area contributed by atoms with Crippen molar-refractivity contribution >= 4 is 69.7 Å². The Morgan fingerprint density at radius 2 is 1.38 bits per heavy atom. The zero-order valence-electron chi connectivity index (χ0n) is 28.6. The van der Waals surface area contributed by atoms with Crippen LogP contribution in [0.1, 0.15) is 12.8 Å². The number of nitrogen functional groups attached to an aromatic ring is 1. The van der Waals surface area contributed by atoms with E-state index in [1.165, 1.54) is 42.9 Å². The Hall–Kier alpha value is -4.33. The van der Waals surface area contributed by atoms with Gasteiger partial charge in [-0.1, -0.05) is 0 Å². The number of anilines is 1. The minimum Gasteiger partial charge on any atom is -0.394 e. The summed E-state index contributed by atoms with van der Waals surface area (Å²) >= 11 is 0. The molecule has 0 aliphatic carbocycles. The summed E-state index contributed by atoms with van der Waals surface area (Å²) in [5.74, 6) is 0.609. The van der Waals surface area contributed by atoms with Gasteiger partial charge in [-0.25, -0.2) is 44.1 Å². The van der Waals surface area contributed by atoms with E-state index in [-0.39, 0.29) is 50.1 Å². The van der Waals surface area contributed by atoms with Crippen LogP contribution < -0.4 is 17.2 Å². The number of aliphatic hydroxyl groups is 1. The van der Waals surface area contributed by atoms with E-state index in [0.29, 0.717) is 11.2 Å².